The summed E-state index contributed by atoms with van der Waals surface area (Å²) in [6.07, 6.45) is 0.882. The number of rotatable bonds is 3. The second kappa shape index (κ2) is 5.31. The number of amides is 1. The average molecular weight is 262 g/mol. The number of carbonyl (C=O) groups excluding carboxylic acids is 1. The maximum Gasteiger partial charge on any atom is 0.258 e. The van der Waals surface area contributed by atoms with Gasteiger partial charge in [-0.2, -0.15) is 0 Å². The number of nitrogens with zero attached hydrogens (tertiary/aromatic N) is 1. The Morgan fingerprint density at radius 1 is 1.37 bits per heavy atom. The van der Waals surface area contributed by atoms with Crippen LogP contribution in [-0.2, 0) is 16.0 Å². The van der Waals surface area contributed by atoms with Crippen molar-refractivity contribution in [1.29, 1.82) is 0 Å². The number of nitrogens with two attached hydrogens (primary N) is 1. The molecule has 1 aliphatic rings. The standard InChI is InChI=1S/C15H22N2O2/c1-4-11-5-7-12(8-6-11)17-10-13(9-16)19-15(2,3)14(17)18/h5-8,13H,4,9-10,16H2,1-3H3. The van der Waals surface area contributed by atoms with Gasteiger partial charge in [-0.25, -0.2) is 0 Å². The van der Waals surface area contributed by atoms with Gasteiger partial charge in [0.1, 0.15) is 5.60 Å². The van der Waals surface area contributed by atoms with Crippen LogP contribution in [0.2, 0.25) is 0 Å². The number of carbonyl (C=O) groups is 1. The zero-order chi connectivity index (χ0) is 14.0. The van der Waals surface area contributed by atoms with Crippen LogP contribution in [0.25, 0.3) is 0 Å². The third kappa shape index (κ3) is 2.80. The summed E-state index contributed by atoms with van der Waals surface area (Å²) in [6.45, 7) is 6.64. The molecule has 0 aromatic heterocycles. The van der Waals surface area contributed by atoms with E-state index in [1.165, 1.54) is 5.56 Å². The molecule has 1 aromatic rings. The predicted molar refractivity (Wildman–Crippen MR) is 76.2 cm³/mol. The summed E-state index contributed by atoms with van der Waals surface area (Å²) in [7, 11) is 0. The Bertz CT molecular complexity index is 454. The smallest absolute Gasteiger partial charge is 0.258 e. The van der Waals surface area contributed by atoms with E-state index in [1.807, 2.05) is 12.1 Å². The summed E-state index contributed by atoms with van der Waals surface area (Å²) in [6, 6.07) is 8.10. The molecule has 1 atom stereocenters. The van der Waals surface area contributed by atoms with Gasteiger partial charge >= 0.3 is 0 Å². The lowest BCUT2D eigenvalue weighted by Gasteiger charge is -2.41. The number of anilines is 1. The third-order valence-electron chi connectivity index (χ3n) is 3.53. The Hall–Kier alpha value is -1.39. The van der Waals surface area contributed by atoms with Gasteiger partial charge in [0.25, 0.3) is 5.91 Å². The van der Waals surface area contributed by atoms with E-state index in [4.69, 9.17) is 10.5 Å². The van der Waals surface area contributed by atoms with Crippen molar-refractivity contribution in [2.75, 3.05) is 18.0 Å². The first-order valence-electron chi connectivity index (χ1n) is 6.76. The SMILES string of the molecule is CCc1ccc(N2CC(CN)OC(C)(C)C2=O)cc1. The fourth-order valence-electron chi connectivity index (χ4n) is 2.37. The van der Waals surface area contributed by atoms with Crippen LogP contribution in [-0.4, -0.2) is 30.7 Å². The molecule has 104 valence electrons. The summed E-state index contributed by atoms with van der Waals surface area (Å²) in [5, 5.41) is 0. The summed E-state index contributed by atoms with van der Waals surface area (Å²) < 4.78 is 5.72. The van der Waals surface area contributed by atoms with Gasteiger partial charge in [-0.15, -0.1) is 0 Å². The van der Waals surface area contributed by atoms with Gasteiger partial charge in [0.05, 0.1) is 12.6 Å². The van der Waals surface area contributed by atoms with E-state index in [2.05, 4.69) is 19.1 Å². The van der Waals surface area contributed by atoms with Gasteiger partial charge in [0, 0.05) is 12.2 Å². The van der Waals surface area contributed by atoms with Crippen LogP contribution >= 0.6 is 0 Å². The minimum atomic E-state index is -0.814. The van der Waals surface area contributed by atoms with Crippen LogP contribution in [0.5, 0.6) is 0 Å². The molecule has 4 nitrogen and oxygen atoms in total. The Labute approximate surface area is 114 Å². The van der Waals surface area contributed by atoms with Crippen molar-refractivity contribution in [2.45, 2.75) is 38.9 Å². The van der Waals surface area contributed by atoms with Gasteiger partial charge in [-0.3, -0.25) is 4.79 Å². The monoisotopic (exact) mass is 262 g/mol. The number of hydrogen-bond donors (Lipinski definition) is 1. The van der Waals surface area contributed by atoms with Crippen molar-refractivity contribution in [3.05, 3.63) is 29.8 Å². The lowest BCUT2D eigenvalue weighted by Crippen LogP contribution is -2.59. The van der Waals surface area contributed by atoms with Crippen LogP contribution < -0.4 is 10.6 Å². The van der Waals surface area contributed by atoms with Crippen LogP contribution in [0, 0.1) is 0 Å². The molecule has 2 rings (SSSR count). The number of hydrogen-bond acceptors (Lipinski definition) is 3. The summed E-state index contributed by atoms with van der Waals surface area (Å²) in [4.78, 5) is 14.2. The van der Waals surface area contributed by atoms with E-state index in [1.54, 1.807) is 18.7 Å². The molecule has 1 heterocycles. The topological polar surface area (TPSA) is 55.6 Å². The lowest BCUT2D eigenvalue weighted by atomic mass is 10.0. The normalized spacial score (nSPS) is 22.6. The average Bonchev–Trinajstić information content (AvgIpc) is 2.41. The van der Waals surface area contributed by atoms with E-state index in [-0.39, 0.29) is 12.0 Å². The number of benzene rings is 1. The highest BCUT2D eigenvalue weighted by atomic mass is 16.5. The molecule has 1 fully saturated rings. The minimum Gasteiger partial charge on any atom is -0.359 e. The van der Waals surface area contributed by atoms with E-state index >= 15 is 0 Å². The van der Waals surface area contributed by atoms with Crippen LogP contribution in [0.1, 0.15) is 26.3 Å². The van der Waals surface area contributed by atoms with Gasteiger partial charge in [-0.1, -0.05) is 19.1 Å². The van der Waals surface area contributed by atoms with Crippen molar-refractivity contribution < 1.29 is 9.53 Å². The molecule has 0 saturated carbocycles. The number of morpholine rings is 1. The Balaban J connectivity index is 2.27. The molecule has 0 radical (unpaired) electrons. The van der Waals surface area contributed by atoms with E-state index in [9.17, 15) is 4.79 Å². The van der Waals surface area contributed by atoms with Crippen LogP contribution in [0.4, 0.5) is 5.69 Å². The summed E-state index contributed by atoms with van der Waals surface area (Å²) >= 11 is 0. The van der Waals surface area contributed by atoms with Gasteiger partial charge < -0.3 is 15.4 Å². The summed E-state index contributed by atoms with van der Waals surface area (Å²) in [5.74, 6) is -0.0125. The highest BCUT2D eigenvalue weighted by molar-refractivity contribution is 5.99. The van der Waals surface area contributed by atoms with Gasteiger partial charge in [0.15, 0.2) is 0 Å². The van der Waals surface area contributed by atoms with E-state index in [0.29, 0.717) is 13.1 Å². The molecule has 0 spiro atoms. The second-order valence-electron chi connectivity index (χ2n) is 5.42. The third-order valence-corrected chi connectivity index (χ3v) is 3.53. The molecule has 1 unspecified atom stereocenters. The van der Waals surface area contributed by atoms with Gasteiger partial charge in [0.2, 0.25) is 0 Å². The molecule has 1 saturated heterocycles. The van der Waals surface area contributed by atoms with Crippen molar-refractivity contribution in [2.24, 2.45) is 5.73 Å². The second-order valence-corrected chi connectivity index (χ2v) is 5.42. The van der Waals surface area contributed by atoms with Gasteiger partial charge in [-0.05, 0) is 38.0 Å². The molecule has 2 N–H and O–H groups in total. The zero-order valence-electron chi connectivity index (χ0n) is 11.8. The van der Waals surface area contributed by atoms with E-state index < -0.39 is 5.60 Å². The first kappa shape index (κ1) is 14.0. The maximum absolute atomic E-state index is 12.4. The van der Waals surface area contributed by atoms with Crippen molar-refractivity contribution in [3.8, 4) is 0 Å². The van der Waals surface area contributed by atoms with Crippen molar-refractivity contribution >= 4 is 11.6 Å². The molecule has 1 aromatic carbocycles. The molecular weight excluding hydrogens is 240 g/mol. The maximum atomic E-state index is 12.4. The highest BCUT2D eigenvalue weighted by Gasteiger charge is 2.41. The van der Waals surface area contributed by atoms with Crippen LogP contribution in [0.3, 0.4) is 0 Å². The van der Waals surface area contributed by atoms with Crippen LogP contribution in [0.15, 0.2) is 24.3 Å². The number of ether oxygens (including phenoxy) is 1. The molecule has 1 amide bonds. The molecule has 0 aliphatic carbocycles. The van der Waals surface area contributed by atoms with Crippen molar-refractivity contribution in [1.82, 2.24) is 0 Å². The Kier molecular flexibility index (Phi) is 3.92. The predicted octanol–water partition coefficient (Wildman–Crippen LogP) is 1.72. The minimum absolute atomic E-state index is 0.0125. The molecule has 0 bridgehead atoms. The molecule has 19 heavy (non-hydrogen) atoms. The Morgan fingerprint density at radius 2 is 2.00 bits per heavy atom. The summed E-state index contributed by atoms with van der Waals surface area (Å²) in [5.41, 5.74) is 7.06. The quantitative estimate of drug-likeness (QED) is 0.902. The lowest BCUT2D eigenvalue weighted by molar-refractivity contribution is -0.153. The highest BCUT2D eigenvalue weighted by Crippen LogP contribution is 2.27. The fraction of sp³-hybridized carbons (Fsp3) is 0.533. The largest absolute Gasteiger partial charge is 0.359 e. The van der Waals surface area contributed by atoms with Crippen molar-refractivity contribution in [3.63, 3.8) is 0 Å². The zero-order valence-corrected chi connectivity index (χ0v) is 11.8. The first-order chi connectivity index (χ1) is 8.97. The van der Waals surface area contributed by atoms with E-state index in [0.717, 1.165) is 12.1 Å². The fourth-order valence-corrected chi connectivity index (χ4v) is 2.37. The Morgan fingerprint density at radius 3 is 2.53 bits per heavy atom. The number of aryl methyl sites for hydroxylation is 1. The molecular formula is C15H22N2O2. The first-order valence-corrected chi connectivity index (χ1v) is 6.76. The molecule has 4 heteroatoms. The molecule has 1 aliphatic heterocycles.